The zero-order chi connectivity index (χ0) is 16.9. The molecule has 126 valence electrons. The van der Waals surface area contributed by atoms with Crippen LogP contribution in [-0.4, -0.2) is 32.1 Å². The molecule has 4 nitrogen and oxygen atoms in total. The van der Waals surface area contributed by atoms with Gasteiger partial charge in [-0.25, -0.2) is 0 Å². The molecule has 4 heteroatoms. The van der Waals surface area contributed by atoms with Gasteiger partial charge in [-0.3, -0.25) is 4.79 Å². The van der Waals surface area contributed by atoms with Crippen molar-refractivity contribution in [3.63, 3.8) is 0 Å². The molecular formula is C20H25N3O. The summed E-state index contributed by atoms with van der Waals surface area (Å²) in [5.74, 6) is 0.0401. The summed E-state index contributed by atoms with van der Waals surface area (Å²) < 4.78 is 0. The number of benzene rings is 2. The molecule has 24 heavy (non-hydrogen) atoms. The zero-order valence-corrected chi connectivity index (χ0v) is 14.4. The molecule has 1 heterocycles. The fourth-order valence-electron chi connectivity index (χ4n) is 2.98. The number of piperazine rings is 1. The Morgan fingerprint density at radius 2 is 1.46 bits per heavy atom. The van der Waals surface area contributed by atoms with E-state index in [1.54, 1.807) is 0 Å². The Bertz CT molecular complexity index is 676. The lowest BCUT2D eigenvalue weighted by Gasteiger charge is -2.38. The lowest BCUT2D eigenvalue weighted by Crippen LogP contribution is -2.46. The van der Waals surface area contributed by atoms with Gasteiger partial charge in [0.2, 0.25) is 5.91 Å². The first-order valence-electron chi connectivity index (χ1n) is 8.60. The standard InChI is InChI=1S/C20H25N3O/c1-16(2)20(24)21-18-10-6-7-11-19(18)23-14-12-22(13-15-23)17-8-4-3-5-9-17/h3-11,16H,12-15H2,1-2H3,(H,21,24). The van der Waals surface area contributed by atoms with E-state index in [-0.39, 0.29) is 11.8 Å². The van der Waals surface area contributed by atoms with Crippen LogP contribution >= 0.6 is 0 Å². The molecule has 2 aromatic carbocycles. The van der Waals surface area contributed by atoms with E-state index in [9.17, 15) is 4.79 Å². The van der Waals surface area contributed by atoms with Crippen LogP contribution in [0.1, 0.15) is 13.8 Å². The summed E-state index contributed by atoms with van der Waals surface area (Å²) >= 11 is 0. The van der Waals surface area contributed by atoms with Crippen molar-refractivity contribution in [3.8, 4) is 0 Å². The summed E-state index contributed by atoms with van der Waals surface area (Å²) in [6, 6.07) is 18.6. The summed E-state index contributed by atoms with van der Waals surface area (Å²) in [6.45, 7) is 7.69. The molecule has 0 saturated carbocycles. The number of carbonyl (C=O) groups is 1. The molecule has 3 rings (SSSR count). The highest BCUT2D eigenvalue weighted by Crippen LogP contribution is 2.28. The molecule has 0 radical (unpaired) electrons. The Balaban J connectivity index is 1.69. The third-order valence-electron chi connectivity index (χ3n) is 4.43. The summed E-state index contributed by atoms with van der Waals surface area (Å²) in [5, 5.41) is 3.06. The Labute approximate surface area is 144 Å². The maximum Gasteiger partial charge on any atom is 0.226 e. The van der Waals surface area contributed by atoms with E-state index < -0.39 is 0 Å². The normalized spacial score (nSPS) is 14.8. The number of anilines is 3. The Morgan fingerprint density at radius 3 is 2.12 bits per heavy atom. The number of nitrogens with one attached hydrogen (secondary N) is 1. The number of rotatable bonds is 4. The van der Waals surface area contributed by atoms with E-state index in [2.05, 4.69) is 45.4 Å². The fraction of sp³-hybridized carbons (Fsp3) is 0.350. The van der Waals surface area contributed by atoms with Gasteiger partial charge in [0.25, 0.3) is 0 Å². The van der Waals surface area contributed by atoms with Crippen LogP contribution in [0.2, 0.25) is 0 Å². The number of carbonyl (C=O) groups excluding carboxylic acids is 1. The van der Waals surface area contributed by atoms with Gasteiger partial charge in [-0.2, -0.15) is 0 Å². The van der Waals surface area contributed by atoms with Crippen LogP contribution in [0.15, 0.2) is 54.6 Å². The highest BCUT2D eigenvalue weighted by molar-refractivity contribution is 5.95. The Hall–Kier alpha value is -2.49. The van der Waals surface area contributed by atoms with Crippen LogP contribution in [-0.2, 0) is 4.79 Å². The van der Waals surface area contributed by atoms with Crippen molar-refractivity contribution >= 4 is 23.0 Å². The second-order valence-corrected chi connectivity index (χ2v) is 6.47. The van der Waals surface area contributed by atoms with Gasteiger partial charge in [0, 0.05) is 37.8 Å². The molecule has 1 fully saturated rings. The molecule has 1 aliphatic rings. The number of amides is 1. The van der Waals surface area contributed by atoms with Crippen molar-refractivity contribution in [2.24, 2.45) is 5.92 Å². The van der Waals surface area contributed by atoms with Gasteiger partial charge in [-0.15, -0.1) is 0 Å². The average Bonchev–Trinajstić information content (AvgIpc) is 2.63. The number of para-hydroxylation sites is 3. The number of nitrogens with zero attached hydrogens (tertiary/aromatic N) is 2. The van der Waals surface area contributed by atoms with Gasteiger partial charge in [0.05, 0.1) is 11.4 Å². The Morgan fingerprint density at radius 1 is 0.875 bits per heavy atom. The van der Waals surface area contributed by atoms with Crippen LogP contribution in [0.3, 0.4) is 0 Å². The van der Waals surface area contributed by atoms with Crippen LogP contribution in [0.25, 0.3) is 0 Å². The van der Waals surface area contributed by atoms with E-state index in [0.29, 0.717) is 0 Å². The summed E-state index contributed by atoms with van der Waals surface area (Å²) in [4.78, 5) is 16.8. The van der Waals surface area contributed by atoms with E-state index >= 15 is 0 Å². The molecule has 0 atom stereocenters. The molecule has 0 aliphatic carbocycles. The first-order valence-corrected chi connectivity index (χ1v) is 8.60. The molecule has 1 aliphatic heterocycles. The largest absolute Gasteiger partial charge is 0.368 e. The number of hydrogen-bond acceptors (Lipinski definition) is 3. The predicted octanol–water partition coefficient (Wildman–Crippen LogP) is 3.61. The monoisotopic (exact) mass is 323 g/mol. The SMILES string of the molecule is CC(C)C(=O)Nc1ccccc1N1CCN(c2ccccc2)CC1. The highest BCUT2D eigenvalue weighted by atomic mass is 16.1. The maximum atomic E-state index is 12.0. The smallest absolute Gasteiger partial charge is 0.226 e. The molecule has 1 N–H and O–H groups in total. The predicted molar refractivity (Wildman–Crippen MR) is 101 cm³/mol. The molecule has 2 aromatic rings. The van der Waals surface area contributed by atoms with Crippen LogP contribution in [0, 0.1) is 5.92 Å². The topological polar surface area (TPSA) is 35.6 Å². The first kappa shape index (κ1) is 16.4. The van der Waals surface area contributed by atoms with Crippen molar-refractivity contribution in [2.75, 3.05) is 41.3 Å². The van der Waals surface area contributed by atoms with E-state index in [4.69, 9.17) is 0 Å². The van der Waals surface area contributed by atoms with Crippen molar-refractivity contribution in [1.82, 2.24) is 0 Å². The van der Waals surface area contributed by atoms with Gasteiger partial charge in [-0.05, 0) is 24.3 Å². The molecule has 0 unspecified atom stereocenters. The van der Waals surface area contributed by atoms with Gasteiger partial charge >= 0.3 is 0 Å². The zero-order valence-electron chi connectivity index (χ0n) is 14.4. The molecule has 1 saturated heterocycles. The molecule has 1 amide bonds. The van der Waals surface area contributed by atoms with Gasteiger partial charge in [-0.1, -0.05) is 44.2 Å². The van der Waals surface area contributed by atoms with Crippen molar-refractivity contribution in [2.45, 2.75) is 13.8 Å². The summed E-state index contributed by atoms with van der Waals surface area (Å²) in [6.07, 6.45) is 0. The minimum absolute atomic E-state index is 0.0204. The number of hydrogen-bond donors (Lipinski definition) is 1. The second-order valence-electron chi connectivity index (χ2n) is 6.47. The quantitative estimate of drug-likeness (QED) is 0.933. The van der Waals surface area contributed by atoms with E-state index in [1.807, 2.05) is 38.1 Å². The Kier molecular flexibility index (Phi) is 5.04. The second kappa shape index (κ2) is 7.39. The van der Waals surface area contributed by atoms with Crippen LogP contribution < -0.4 is 15.1 Å². The molecule has 0 bridgehead atoms. The summed E-state index contributed by atoms with van der Waals surface area (Å²) in [7, 11) is 0. The van der Waals surface area contributed by atoms with E-state index in [1.165, 1.54) is 5.69 Å². The third-order valence-corrected chi connectivity index (χ3v) is 4.43. The van der Waals surface area contributed by atoms with Crippen molar-refractivity contribution in [3.05, 3.63) is 54.6 Å². The van der Waals surface area contributed by atoms with Crippen molar-refractivity contribution in [1.29, 1.82) is 0 Å². The average molecular weight is 323 g/mol. The minimum Gasteiger partial charge on any atom is -0.368 e. The third kappa shape index (κ3) is 3.70. The minimum atomic E-state index is -0.0204. The van der Waals surface area contributed by atoms with Gasteiger partial charge in [0.1, 0.15) is 0 Å². The van der Waals surface area contributed by atoms with Gasteiger partial charge < -0.3 is 15.1 Å². The molecular weight excluding hydrogens is 298 g/mol. The van der Waals surface area contributed by atoms with Crippen molar-refractivity contribution < 1.29 is 4.79 Å². The van der Waals surface area contributed by atoms with E-state index in [0.717, 1.165) is 37.6 Å². The maximum absolute atomic E-state index is 12.0. The summed E-state index contributed by atoms with van der Waals surface area (Å²) in [5.41, 5.74) is 3.29. The molecule has 0 aromatic heterocycles. The first-order chi connectivity index (χ1) is 11.6. The highest BCUT2D eigenvalue weighted by Gasteiger charge is 2.20. The fourth-order valence-corrected chi connectivity index (χ4v) is 2.98. The molecule has 0 spiro atoms. The van der Waals surface area contributed by atoms with Crippen LogP contribution in [0.5, 0.6) is 0 Å². The lowest BCUT2D eigenvalue weighted by atomic mass is 10.1. The van der Waals surface area contributed by atoms with Gasteiger partial charge in [0.15, 0.2) is 0 Å². The lowest BCUT2D eigenvalue weighted by molar-refractivity contribution is -0.118. The van der Waals surface area contributed by atoms with Crippen LogP contribution in [0.4, 0.5) is 17.1 Å².